The lowest BCUT2D eigenvalue weighted by Crippen LogP contribution is -2.39. The van der Waals surface area contributed by atoms with Crippen LogP contribution in [0.25, 0.3) is 0 Å². The third-order valence-electron chi connectivity index (χ3n) is 5.48. The van der Waals surface area contributed by atoms with Crippen molar-refractivity contribution < 1.29 is 19.4 Å². The van der Waals surface area contributed by atoms with Crippen molar-refractivity contribution in [1.82, 2.24) is 14.7 Å². The van der Waals surface area contributed by atoms with Crippen LogP contribution in [0.4, 0.5) is 0 Å². The summed E-state index contributed by atoms with van der Waals surface area (Å²) in [5.41, 5.74) is 2.10. The Hall–Kier alpha value is -2.83. The molecule has 0 atom stereocenters. The standard InChI is InChI=1S/C22H29N3O4/c1-16-6-5-7-19(14-16)29-13-4-3-8-21(26)24-11-9-18(10-12-24)25-17(2)20(15-23-25)22(27)28/h5-7,14-15,18H,3-4,8-13H2,1-2H3,(H,27,28). The van der Waals surface area contributed by atoms with Crippen LogP contribution in [0.1, 0.15) is 59.8 Å². The van der Waals surface area contributed by atoms with Gasteiger partial charge in [-0.3, -0.25) is 9.48 Å². The number of aromatic carboxylic acids is 1. The topological polar surface area (TPSA) is 84.7 Å². The Morgan fingerprint density at radius 2 is 1.97 bits per heavy atom. The lowest BCUT2D eigenvalue weighted by molar-refractivity contribution is -0.132. The molecule has 1 amide bonds. The van der Waals surface area contributed by atoms with Crippen molar-refractivity contribution in [1.29, 1.82) is 0 Å². The lowest BCUT2D eigenvalue weighted by atomic mass is 10.0. The van der Waals surface area contributed by atoms with Gasteiger partial charge in [-0.25, -0.2) is 4.79 Å². The molecule has 1 aromatic heterocycles. The van der Waals surface area contributed by atoms with Crippen LogP contribution in [-0.4, -0.2) is 51.4 Å². The third-order valence-corrected chi connectivity index (χ3v) is 5.48. The van der Waals surface area contributed by atoms with Crippen LogP contribution in [0.3, 0.4) is 0 Å². The molecule has 1 aromatic carbocycles. The number of carboxylic acid groups (broad SMARTS) is 1. The molecular weight excluding hydrogens is 370 g/mol. The maximum Gasteiger partial charge on any atom is 0.339 e. The van der Waals surface area contributed by atoms with Crippen molar-refractivity contribution in [2.45, 2.75) is 52.0 Å². The van der Waals surface area contributed by atoms with Crippen LogP contribution in [-0.2, 0) is 4.79 Å². The molecule has 2 heterocycles. The largest absolute Gasteiger partial charge is 0.494 e. The van der Waals surface area contributed by atoms with Crippen molar-refractivity contribution in [2.75, 3.05) is 19.7 Å². The molecule has 2 aromatic rings. The van der Waals surface area contributed by atoms with Gasteiger partial charge in [0.05, 0.1) is 24.5 Å². The molecule has 1 aliphatic rings. The highest BCUT2D eigenvalue weighted by molar-refractivity contribution is 5.88. The highest BCUT2D eigenvalue weighted by Gasteiger charge is 2.26. The molecule has 0 saturated carbocycles. The van der Waals surface area contributed by atoms with E-state index >= 15 is 0 Å². The summed E-state index contributed by atoms with van der Waals surface area (Å²) < 4.78 is 7.53. The van der Waals surface area contributed by atoms with E-state index in [-0.39, 0.29) is 17.5 Å². The van der Waals surface area contributed by atoms with Crippen molar-refractivity contribution >= 4 is 11.9 Å². The fraction of sp³-hybridized carbons (Fsp3) is 0.500. The van der Waals surface area contributed by atoms with Gasteiger partial charge in [-0.2, -0.15) is 5.10 Å². The summed E-state index contributed by atoms with van der Waals surface area (Å²) in [7, 11) is 0. The van der Waals surface area contributed by atoms with Gasteiger partial charge in [-0.1, -0.05) is 12.1 Å². The molecule has 1 N–H and O–H groups in total. The lowest BCUT2D eigenvalue weighted by Gasteiger charge is -2.32. The molecule has 0 bridgehead atoms. The molecule has 3 rings (SSSR count). The summed E-state index contributed by atoms with van der Waals surface area (Å²) in [6.07, 6.45) is 5.19. The molecule has 1 saturated heterocycles. The number of unbranched alkanes of at least 4 members (excludes halogenated alkanes) is 1. The van der Waals surface area contributed by atoms with E-state index in [0.717, 1.165) is 31.4 Å². The first-order valence-electron chi connectivity index (χ1n) is 10.2. The minimum atomic E-state index is -0.951. The SMILES string of the molecule is Cc1cccc(OCCCCC(=O)N2CCC(n3ncc(C(=O)O)c3C)CC2)c1. The van der Waals surface area contributed by atoms with Crippen molar-refractivity contribution in [2.24, 2.45) is 0 Å². The summed E-state index contributed by atoms with van der Waals surface area (Å²) in [5, 5.41) is 13.4. The third kappa shape index (κ3) is 5.37. The minimum Gasteiger partial charge on any atom is -0.494 e. The van der Waals surface area contributed by atoms with Crippen LogP contribution in [0, 0.1) is 13.8 Å². The fourth-order valence-corrected chi connectivity index (χ4v) is 3.79. The first-order chi connectivity index (χ1) is 14.0. The van der Waals surface area contributed by atoms with Gasteiger partial charge in [0.1, 0.15) is 11.3 Å². The summed E-state index contributed by atoms with van der Waals surface area (Å²) in [4.78, 5) is 25.6. The number of nitrogens with zero attached hydrogens (tertiary/aromatic N) is 3. The molecule has 0 radical (unpaired) electrons. The number of aromatic nitrogens is 2. The van der Waals surface area contributed by atoms with Gasteiger partial charge >= 0.3 is 5.97 Å². The molecule has 29 heavy (non-hydrogen) atoms. The Morgan fingerprint density at radius 1 is 1.21 bits per heavy atom. The highest BCUT2D eigenvalue weighted by Crippen LogP contribution is 2.25. The number of hydrogen-bond donors (Lipinski definition) is 1. The predicted molar refractivity (Wildman–Crippen MR) is 109 cm³/mol. The number of carbonyl (C=O) groups is 2. The number of carboxylic acids is 1. The van der Waals surface area contributed by atoms with Gasteiger partial charge in [0.15, 0.2) is 0 Å². The quantitative estimate of drug-likeness (QED) is 0.686. The molecule has 0 unspecified atom stereocenters. The normalized spacial score (nSPS) is 14.8. The molecule has 7 nitrogen and oxygen atoms in total. The Bertz CT molecular complexity index is 853. The molecule has 0 spiro atoms. The first kappa shape index (κ1) is 20.9. The second-order valence-corrected chi connectivity index (χ2v) is 7.63. The number of benzene rings is 1. The number of amides is 1. The van der Waals surface area contributed by atoms with E-state index in [1.54, 1.807) is 11.6 Å². The monoisotopic (exact) mass is 399 g/mol. The number of carbonyl (C=O) groups excluding carboxylic acids is 1. The van der Waals surface area contributed by atoms with E-state index in [4.69, 9.17) is 4.74 Å². The zero-order valence-corrected chi connectivity index (χ0v) is 17.1. The van der Waals surface area contributed by atoms with E-state index in [1.807, 2.05) is 36.1 Å². The van der Waals surface area contributed by atoms with E-state index in [0.29, 0.717) is 31.8 Å². The highest BCUT2D eigenvalue weighted by atomic mass is 16.5. The van der Waals surface area contributed by atoms with Crippen molar-refractivity contribution in [3.8, 4) is 5.75 Å². The molecular formula is C22H29N3O4. The van der Waals surface area contributed by atoms with E-state index in [9.17, 15) is 14.7 Å². The Morgan fingerprint density at radius 3 is 2.62 bits per heavy atom. The van der Waals surface area contributed by atoms with Crippen LogP contribution in [0.2, 0.25) is 0 Å². The molecule has 7 heteroatoms. The number of likely N-dealkylation sites (tertiary alicyclic amines) is 1. The van der Waals surface area contributed by atoms with E-state index in [2.05, 4.69) is 5.10 Å². The van der Waals surface area contributed by atoms with Gasteiger partial charge in [0.25, 0.3) is 0 Å². The second-order valence-electron chi connectivity index (χ2n) is 7.63. The molecule has 0 aliphatic carbocycles. The Kier molecular flexibility index (Phi) is 6.90. The maximum atomic E-state index is 12.5. The van der Waals surface area contributed by atoms with Gasteiger partial charge < -0.3 is 14.7 Å². The van der Waals surface area contributed by atoms with Gasteiger partial charge in [0.2, 0.25) is 5.91 Å². The van der Waals surface area contributed by atoms with Crippen LogP contribution in [0.15, 0.2) is 30.5 Å². The van der Waals surface area contributed by atoms with Crippen LogP contribution in [0.5, 0.6) is 5.75 Å². The van der Waals surface area contributed by atoms with E-state index in [1.165, 1.54) is 11.8 Å². The predicted octanol–water partition coefficient (Wildman–Crippen LogP) is 3.61. The Balaban J connectivity index is 1.37. The number of ether oxygens (including phenoxy) is 1. The average molecular weight is 399 g/mol. The molecule has 1 aliphatic heterocycles. The molecule has 1 fully saturated rings. The summed E-state index contributed by atoms with van der Waals surface area (Å²) in [6.45, 7) is 5.81. The van der Waals surface area contributed by atoms with Crippen molar-refractivity contribution in [3.05, 3.63) is 47.3 Å². The van der Waals surface area contributed by atoms with Crippen molar-refractivity contribution in [3.63, 3.8) is 0 Å². The number of rotatable bonds is 8. The number of aryl methyl sites for hydroxylation is 1. The van der Waals surface area contributed by atoms with Gasteiger partial charge in [-0.15, -0.1) is 0 Å². The zero-order chi connectivity index (χ0) is 20.8. The summed E-state index contributed by atoms with van der Waals surface area (Å²) in [5.74, 6) is 0.105. The fourth-order valence-electron chi connectivity index (χ4n) is 3.79. The van der Waals surface area contributed by atoms with Crippen LogP contribution >= 0.6 is 0 Å². The number of piperidine rings is 1. The molecule has 156 valence electrons. The average Bonchev–Trinajstić information content (AvgIpc) is 3.09. The Labute approximate surface area is 171 Å². The van der Waals surface area contributed by atoms with Gasteiger partial charge in [-0.05, 0) is 57.2 Å². The summed E-state index contributed by atoms with van der Waals surface area (Å²) in [6, 6.07) is 8.12. The smallest absolute Gasteiger partial charge is 0.339 e. The first-order valence-corrected chi connectivity index (χ1v) is 10.2. The summed E-state index contributed by atoms with van der Waals surface area (Å²) >= 11 is 0. The van der Waals surface area contributed by atoms with Crippen LogP contribution < -0.4 is 4.74 Å². The van der Waals surface area contributed by atoms with Gasteiger partial charge in [0, 0.05) is 19.5 Å². The zero-order valence-electron chi connectivity index (χ0n) is 17.1. The van der Waals surface area contributed by atoms with E-state index < -0.39 is 5.97 Å². The maximum absolute atomic E-state index is 12.5. The second kappa shape index (κ2) is 9.58. The minimum absolute atomic E-state index is 0.148. The number of hydrogen-bond acceptors (Lipinski definition) is 4.